The number of benzene rings is 1. The summed E-state index contributed by atoms with van der Waals surface area (Å²) in [7, 11) is -9.48. The van der Waals surface area contributed by atoms with Gasteiger partial charge in [-0.1, -0.05) is 0 Å². The van der Waals surface area contributed by atoms with E-state index < -0.39 is 44.5 Å². The van der Waals surface area contributed by atoms with Crippen LogP contribution in [0.2, 0.25) is 0 Å². The van der Waals surface area contributed by atoms with Crippen LogP contribution in [-0.4, -0.2) is 41.4 Å². The minimum absolute atomic E-state index is 0.263. The maximum absolute atomic E-state index is 10.8. The van der Waals surface area contributed by atoms with E-state index in [-0.39, 0.29) is 5.75 Å². The monoisotopic (exact) mass is 410 g/mol. The maximum Gasteiger partial charge on any atom is 0.524 e. The molecular formula is C12H12O12P2. The van der Waals surface area contributed by atoms with Gasteiger partial charge in [0.1, 0.15) is 5.75 Å². The second-order valence-corrected chi connectivity index (χ2v) is 6.75. The lowest BCUT2D eigenvalue weighted by atomic mass is 10.1. The first-order chi connectivity index (χ1) is 11.8. The highest BCUT2D eigenvalue weighted by molar-refractivity contribution is 7.46. The fourth-order valence-electron chi connectivity index (χ4n) is 1.39. The Morgan fingerprint density at radius 1 is 0.846 bits per heavy atom. The van der Waals surface area contributed by atoms with Crippen LogP contribution in [0, 0.1) is 0 Å². The number of carbonyl (C=O) groups excluding carboxylic acids is 2. The largest absolute Gasteiger partial charge is 0.524 e. The molecule has 6 N–H and O–H groups in total. The van der Waals surface area contributed by atoms with Crippen LogP contribution in [0.5, 0.6) is 17.2 Å². The Balaban J connectivity index is 0.000000260. The highest BCUT2D eigenvalue weighted by Gasteiger charge is 2.24. The van der Waals surface area contributed by atoms with Gasteiger partial charge in [-0.05, 0) is 24.3 Å². The van der Waals surface area contributed by atoms with E-state index in [4.69, 9.17) is 29.8 Å². The number of ketones is 2. The smallest absolute Gasteiger partial charge is 0.508 e. The fraction of sp³-hybridized carbons (Fsp3) is 0. The number of hydrogen-bond acceptors (Lipinski definition) is 8. The van der Waals surface area contributed by atoms with E-state index in [2.05, 4.69) is 9.05 Å². The van der Waals surface area contributed by atoms with Crippen LogP contribution in [0.15, 0.2) is 42.2 Å². The molecule has 0 saturated carbocycles. The number of rotatable bonds is 4. The van der Waals surface area contributed by atoms with Gasteiger partial charge in [-0.25, -0.2) is 9.13 Å². The molecule has 142 valence electrons. The molecule has 1 aromatic rings. The fourth-order valence-corrected chi connectivity index (χ4v) is 2.19. The first-order valence-corrected chi connectivity index (χ1v) is 9.33. The minimum atomic E-state index is -4.77. The number of hydrogen-bond donors (Lipinski definition) is 6. The number of carbonyl (C=O) groups is 2. The molecule has 0 aliphatic heterocycles. The van der Waals surface area contributed by atoms with Gasteiger partial charge in [0.25, 0.3) is 0 Å². The van der Waals surface area contributed by atoms with Gasteiger partial charge in [-0.3, -0.25) is 29.2 Å². The van der Waals surface area contributed by atoms with Gasteiger partial charge in [0, 0.05) is 12.1 Å². The Morgan fingerprint density at radius 2 is 1.42 bits per heavy atom. The van der Waals surface area contributed by atoms with Gasteiger partial charge in [-0.2, -0.15) is 0 Å². The lowest BCUT2D eigenvalue weighted by molar-refractivity contribution is -0.116. The van der Waals surface area contributed by atoms with Crippen molar-refractivity contribution in [2.24, 2.45) is 0 Å². The number of phenolic OH excluding ortho intramolecular Hbond substituents is 2. The predicted octanol–water partition coefficient (Wildman–Crippen LogP) is 0.257. The summed E-state index contributed by atoms with van der Waals surface area (Å²) in [5.74, 6) is -3.12. The molecule has 0 unspecified atom stereocenters. The summed E-state index contributed by atoms with van der Waals surface area (Å²) in [4.78, 5) is 54.9. The highest BCUT2D eigenvalue weighted by Crippen LogP contribution is 2.42. The third-order valence-electron chi connectivity index (χ3n) is 2.29. The normalized spacial score (nSPS) is 14.2. The number of allylic oxidation sites excluding steroid dienone is 3. The van der Waals surface area contributed by atoms with Gasteiger partial charge in [0.05, 0.1) is 0 Å². The maximum atomic E-state index is 10.8. The molecule has 14 heteroatoms. The molecule has 0 atom stereocenters. The molecule has 1 aliphatic rings. The average molecular weight is 410 g/mol. The van der Waals surface area contributed by atoms with Crippen LogP contribution in [0.1, 0.15) is 0 Å². The zero-order chi connectivity index (χ0) is 20.1. The van der Waals surface area contributed by atoms with Crippen molar-refractivity contribution >= 4 is 27.2 Å². The Kier molecular flexibility index (Phi) is 6.87. The van der Waals surface area contributed by atoms with Crippen LogP contribution < -0.4 is 4.52 Å². The number of phosphoric acid groups is 2. The average Bonchev–Trinajstić information content (AvgIpc) is 2.44. The quantitative estimate of drug-likeness (QED) is 0.224. The lowest BCUT2D eigenvalue weighted by Gasteiger charge is -2.09. The van der Waals surface area contributed by atoms with Gasteiger partial charge < -0.3 is 19.3 Å². The van der Waals surface area contributed by atoms with Crippen molar-refractivity contribution in [2.75, 3.05) is 0 Å². The summed E-state index contributed by atoms with van der Waals surface area (Å²) in [5, 5.41) is 17.9. The molecule has 1 aliphatic carbocycles. The van der Waals surface area contributed by atoms with E-state index in [1.807, 2.05) is 0 Å². The van der Waals surface area contributed by atoms with Crippen molar-refractivity contribution in [3.63, 3.8) is 0 Å². The van der Waals surface area contributed by atoms with Gasteiger partial charge >= 0.3 is 15.6 Å². The molecule has 12 nitrogen and oxygen atoms in total. The molecule has 0 fully saturated rings. The molecule has 0 spiro atoms. The molecule has 0 radical (unpaired) electrons. The predicted molar refractivity (Wildman–Crippen MR) is 82.8 cm³/mol. The number of aromatic hydroxyl groups is 2. The summed E-state index contributed by atoms with van der Waals surface area (Å²) in [6.07, 6.45) is 2.59. The Hall–Kier alpha value is -2.46. The lowest BCUT2D eigenvalue weighted by Crippen LogP contribution is -2.09. The van der Waals surface area contributed by atoms with E-state index in [0.29, 0.717) is 0 Å². The summed E-state index contributed by atoms with van der Waals surface area (Å²) in [6.45, 7) is 0. The molecule has 2 rings (SSSR count). The molecule has 0 saturated heterocycles. The molecule has 26 heavy (non-hydrogen) atoms. The Morgan fingerprint density at radius 3 is 1.96 bits per heavy atom. The van der Waals surface area contributed by atoms with Crippen LogP contribution in [0.4, 0.5) is 0 Å². The van der Waals surface area contributed by atoms with E-state index >= 15 is 0 Å². The van der Waals surface area contributed by atoms with Gasteiger partial charge in [-0.15, -0.1) is 0 Å². The van der Waals surface area contributed by atoms with Gasteiger partial charge in [0.2, 0.25) is 5.78 Å². The Bertz CT molecular complexity index is 859. The van der Waals surface area contributed by atoms with Crippen molar-refractivity contribution < 1.29 is 57.6 Å². The standard InChI is InChI=1S/C6H7O6P.C6H5O6P/c2*7-4-1-2-5(8)6(3-4)12-13(9,10)11/h1-3,7-8H,(H2,9,10,11);1-3H,(H2,9,10,11). The van der Waals surface area contributed by atoms with Crippen molar-refractivity contribution in [1.29, 1.82) is 0 Å². The molecule has 0 heterocycles. The van der Waals surface area contributed by atoms with E-state index in [1.54, 1.807) is 0 Å². The molecule has 0 amide bonds. The van der Waals surface area contributed by atoms with Crippen molar-refractivity contribution in [1.82, 2.24) is 0 Å². The van der Waals surface area contributed by atoms with Crippen molar-refractivity contribution in [2.45, 2.75) is 0 Å². The first kappa shape index (κ1) is 21.6. The van der Waals surface area contributed by atoms with Crippen LogP contribution in [0.3, 0.4) is 0 Å². The zero-order valence-electron chi connectivity index (χ0n) is 12.5. The summed E-state index contributed by atoms with van der Waals surface area (Å²) >= 11 is 0. The van der Waals surface area contributed by atoms with Crippen LogP contribution in [0.25, 0.3) is 0 Å². The molecular weight excluding hydrogens is 398 g/mol. The van der Waals surface area contributed by atoms with Gasteiger partial charge in [0.15, 0.2) is 23.0 Å². The first-order valence-electron chi connectivity index (χ1n) is 6.27. The van der Waals surface area contributed by atoms with Crippen molar-refractivity contribution in [3.8, 4) is 17.2 Å². The third-order valence-corrected chi connectivity index (χ3v) is 3.16. The summed E-state index contributed by atoms with van der Waals surface area (Å²) in [5.41, 5.74) is 0. The van der Waals surface area contributed by atoms with E-state index in [1.165, 1.54) is 0 Å². The van der Waals surface area contributed by atoms with E-state index in [0.717, 1.165) is 36.4 Å². The van der Waals surface area contributed by atoms with Crippen LogP contribution >= 0.6 is 15.6 Å². The van der Waals surface area contributed by atoms with Crippen LogP contribution in [-0.2, 0) is 23.2 Å². The third kappa shape index (κ3) is 8.08. The zero-order valence-corrected chi connectivity index (χ0v) is 14.3. The molecule has 0 bridgehead atoms. The number of phenols is 2. The number of phosphoric ester groups is 2. The summed E-state index contributed by atoms with van der Waals surface area (Å²) < 4.78 is 28.7. The molecule has 0 aromatic heterocycles. The second-order valence-electron chi connectivity index (χ2n) is 4.42. The van der Waals surface area contributed by atoms with Crippen molar-refractivity contribution in [3.05, 3.63) is 42.2 Å². The van der Waals surface area contributed by atoms with E-state index in [9.17, 15) is 18.7 Å². The molecule has 1 aromatic carbocycles. The SMILES string of the molecule is O=C1C=CC(=O)C(OP(=O)(O)O)=C1.O=P(O)(O)Oc1cc(O)ccc1O. The highest BCUT2D eigenvalue weighted by atomic mass is 31.2. The topological polar surface area (TPSA) is 208 Å². The second kappa shape index (κ2) is 8.28. The summed E-state index contributed by atoms with van der Waals surface area (Å²) in [6, 6.07) is 3.11. The minimum Gasteiger partial charge on any atom is -0.508 e. The Labute approximate surface area is 145 Å².